The van der Waals surface area contributed by atoms with Gasteiger partial charge in [0.05, 0.1) is 12.2 Å². The van der Waals surface area contributed by atoms with E-state index in [1.165, 1.54) is 12.3 Å². The molecule has 0 saturated carbocycles. The highest BCUT2D eigenvalue weighted by atomic mass is 16.5. The molecule has 1 amide bonds. The zero-order chi connectivity index (χ0) is 19.5. The second-order valence-electron chi connectivity index (χ2n) is 6.45. The summed E-state index contributed by atoms with van der Waals surface area (Å²) in [6.45, 7) is 2.47. The van der Waals surface area contributed by atoms with E-state index in [1.807, 2.05) is 16.7 Å². The number of rotatable bonds is 0. The van der Waals surface area contributed by atoms with Gasteiger partial charge in [-0.2, -0.15) is 5.26 Å². The fourth-order valence-electron chi connectivity index (χ4n) is 3.04. The van der Waals surface area contributed by atoms with Gasteiger partial charge in [-0.15, -0.1) is 10.2 Å². The Bertz CT molecular complexity index is 1070. The Morgan fingerprint density at radius 2 is 2.29 bits per heavy atom. The molecule has 0 radical (unpaired) electrons. The number of nitrogens with zero attached hydrogens (tertiary/aromatic N) is 6. The third-order valence-corrected chi connectivity index (χ3v) is 4.50. The van der Waals surface area contributed by atoms with Crippen molar-refractivity contribution in [3.63, 3.8) is 0 Å². The molecule has 1 N–H and O–H groups in total. The number of amides is 1. The average molecular weight is 375 g/mol. The fourth-order valence-corrected chi connectivity index (χ4v) is 3.04. The van der Waals surface area contributed by atoms with E-state index < -0.39 is 5.91 Å². The van der Waals surface area contributed by atoms with Crippen LogP contribution in [0.2, 0.25) is 0 Å². The number of carbonyl (C=O) groups is 1. The van der Waals surface area contributed by atoms with Crippen LogP contribution in [0.1, 0.15) is 41.7 Å². The first-order chi connectivity index (χ1) is 13.7. The van der Waals surface area contributed by atoms with Crippen LogP contribution in [0.25, 0.3) is 11.5 Å². The predicted octanol–water partition coefficient (Wildman–Crippen LogP) is 2.59. The molecule has 1 aliphatic heterocycles. The van der Waals surface area contributed by atoms with Gasteiger partial charge in [-0.1, -0.05) is 6.07 Å². The van der Waals surface area contributed by atoms with Gasteiger partial charge in [0, 0.05) is 12.2 Å². The zero-order valence-corrected chi connectivity index (χ0v) is 15.2. The summed E-state index contributed by atoms with van der Waals surface area (Å²) < 4.78 is 7.70. The minimum atomic E-state index is -0.448. The molecular weight excluding hydrogens is 358 g/mol. The number of hydrogen-bond acceptors (Lipinski definition) is 7. The SMILES string of the molecule is C[C@H]1CCCOc2ncc(C#N)cc2C(=O)Nc2cccc(n2)-c2nncn21. The van der Waals surface area contributed by atoms with Crippen molar-refractivity contribution in [3.8, 4) is 23.5 Å². The van der Waals surface area contributed by atoms with Crippen LogP contribution in [-0.2, 0) is 0 Å². The molecule has 0 spiro atoms. The maximum Gasteiger partial charge on any atom is 0.262 e. The lowest BCUT2D eigenvalue weighted by molar-refractivity contribution is 0.102. The second kappa shape index (κ2) is 7.44. The van der Waals surface area contributed by atoms with Crippen molar-refractivity contribution in [2.75, 3.05) is 11.9 Å². The van der Waals surface area contributed by atoms with Crippen LogP contribution in [0.4, 0.5) is 5.82 Å². The van der Waals surface area contributed by atoms with Crippen molar-refractivity contribution in [3.05, 3.63) is 47.9 Å². The number of fused-ring (bicyclic) bond motifs is 5. The molecule has 9 heteroatoms. The number of carbonyl (C=O) groups excluding carboxylic acids is 1. The van der Waals surface area contributed by atoms with Gasteiger partial charge >= 0.3 is 0 Å². The standard InChI is InChI=1S/C19H17N7O2/c1-12-4-3-7-28-19-14(8-13(9-20)10-21-19)18(27)24-16-6-2-5-15(23-16)17-25-22-11-26(12)17/h2,5-6,8,10-12H,3-4,7H2,1H3,(H,23,24,27)/t12-/m0/s1. The summed E-state index contributed by atoms with van der Waals surface area (Å²) in [7, 11) is 0. The number of ether oxygens (including phenoxy) is 1. The maximum absolute atomic E-state index is 12.8. The minimum absolute atomic E-state index is 0.144. The Morgan fingerprint density at radius 3 is 3.14 bits per heavy atom. The summed E-state index contributed by atoms with van der Waals surface area (Å²) in [6.07, 6.45) is 4.64. The Hall–Kier alpha value is -3.80. The molecule has 9 nitrogen and oxygen atoms in total. The first kappa shape index (κ1) is 17.6. The van der Waals surface area contributed by atoms with Gasteiger partial charge in [-0.3, -0.25) is 4.79 Å². The molecule has 1 aliphatic rings. The lowest BCUT2D eigenvalue weighted by atomic mass is 10.1. The van der Waals surface area contributed by atoms with E-state index in [0.29, 0.717) is 23.9 Å². The molecule has 4 rings (SSSR count). The molecule has 140 valence electrons. The third-order valence-electron chi connectivity index (χ3n) is 4.50. The summed E-state index contributed by atoms with van der Waals surface area (Å²) in [5.74, 6) is 0.740. The van der Waals surface area contributed by atoms with Crippen LogP contribution in [-0.4, -0.2) is 37.2 Å². The number of pyridine rings is 2. The van der Waals surface area contributed by atoms with Crippen LogP contribution >= 0.6 is 0 Å². The van der Waals surface area contributed by atoms with E-state index in [0.717, 1.165) is 12.8 Å². The highest BCUT2D eigenvalue weighted by Gasteiger charge is 2.19. The molecule has 0 aromatic carbocycles. The average Bonchev–Trinajstić information content (AvgIpc) is 3.20. The van der Waals surface area contributed by atoms with E-state index in [-0.39, 0.29) is 23.0 Å². The third kappa shape index (κ3) is 3.40. The smallest absolute Gasteiger partial charge is 0.262 e. The molecule has 3 aromatic rings. The first-order valence-electron chi connectivity index (χ1n) is 8.87. The number of nitrogens with one attached hydrogen (secondary N) is 1. The molecule has 4 heterocycles. The number of nitriles is 1. The molecular formula is C19H17N7O2. The summed E-state index contributed by atoms with van der Waals surface area (Å²) in [6, 6.07) is 8.89. The Labute approximate surface area is 161 Å². The van der Waals surface area contributed by atoms with E-state index in [9.17, 15) is 4.79 Å². The van der Waals surface area contributed by atoms with E-state index in [2.05, 4.69) is 32.4 Å². The van der Waals surface area contributed by atoms with Crippen LogP contribution in [0.5, 0.6) is 5.88 Å². The van der Waals surface area contributed by atoms with E-state index in [1.54, 1.807) is 18.5 Å². The van der Waals surface area contributed by atoms with Crippen molar-refractivity contribution in [2.24, 2.45) is 0 Å². The summed E-state index contributed by atoms with van der Waals surface area (Å²) in [4.78, 5) is 21.4. The van der Waals surface area contributed by atoms with Crippen molar-refractivity contribution in [2.45, 2.75) is 25.8 Å². The van der Waals surface area contributed by atoms with E-state index in [4.69, 9.17) is 10.00 Å². The van der Waals surface area contributed by atoms with Gasteiger partial charge in [0.2, 0.25) is 5.88 Å². The lowest BCUT2D eigenvalue weighted by Gasteiger charge is -2.17. The van der Waals surface area contributed by atoms with Gasteiger partial charge < -0.3 is 14.6 Å². The van der Waals surface area contributed by atoms with Gasteiger partial charge in [0.15, 0.2) is 5.82 Å². The topological polar surface area (TPSA) is 119 Å². The molecule has 0 fully saturated rings. The van der Waals surface area contributed by atoms with Crippen molar-refractivity contribution in [1.82, 2.24) is 24.7 Å². The largest absolute Gasteiger partial charge is 0.477 e. The molecule has 28 heavy (non-hydrogen) atoms. The summed E-state index contributed by atoms with van der Waals surface area (Å²) in [5, 5.41) is 20.1. The lowest BCUT2D eigenvalue weighted by Crippen LogP contribution is -2.17. The van der Waals surface area contributed by atoms with Gasteiger partial charge in [-0.05, 0) is 38.0 Å². The Morgan fingerprint density at radius 1 is 1.39 bits per heavy atom. The van der Waals surface area contributed by atoms with Crippen LogP contribution in [0.3, 0.4) is 0 Å². The molecule has 2 bridgehead atoms. The predicted molar refractivity (Wildman–Crippen MR) is 99.6 cm³/mol. The Kier molecular flexibility index (Phi) is 4.68. The van der Waals surface area contributed by atoms with E-state index >= 15 is 0 Å². The molecule has 0 unspecified atom stereocenters. The zero-order valence-electron chi connectivity index (χ0n) is 15.2. The second-order valence-corrected chi connectivity index (χ2v) is 6.45. The molecule has 0 saturated heterocycles. The molecule has 0 aliphatic carbocycles. The van der Waals surface area contributed by atoms with Gasteiger partial charge in [0.1, 0.15) is 29.5 Å². The van der Waals surface area contributed by atoms with Gasteiger partial charge in [-0.25, -0.2) is 9.97 Å². The number of anilines is 1. The Balaban J connectivity index is 1.77. The number of hydrogen-bond donors (Lipinski definition) is 1. The quantitative estimate of drug-likeness (QED) is 0.641. The number of aromatic nitrogens is 5. The summed E-state index contributed by atoms with van der Waals surface area (Å²) in [5.41, 5.74) is 1.08. The maximum atomic E-state index is 12.8. The fraction of sp³-hybridized carbons (Fsp3) is 0.263. The highest BCUT2D eigenvalue weighted by Crippen LogP contribution is 2.24. The molecule has 1 atom stereocenters. The van der Waals surface area contributed by atoms with Crippen LogP contribution in [0.15, 0.2) is 36.8 Å². The highest BCUT2D eigenvalue weighted by molar-refractivity contribution is 6.05. The summed E-state index contributed by atoms with van der Waals surface area (Å²) >= 11 is 0. The van der Waals surface area contributed by atoms with Crippen molar-refractivity contribution < 1.29 is 9.53 Å². The minimum Gasteiger partial charge on any atom is -0.477 e. The van der Waals surface area contributed by atoms with Crippen molar-refractivity contribution >= 4 is 11.7 Å². The molecule has 3 aromatic heterocycles. The first-order valence-corrected chi connectivity index (χ1v) is 8.87. The van der Waals surface area contributed by atoms with Gasteiger partial charge in [0.25, 0.3) is 5.91 Å². The van der Waals surface area contributed by atoms with Crippen LogP contribution < -0.4 is 10.1 Å². The normalized spacial score (nSPS) is 16.6. The van der Waals surface area contributed by atoms with Crippen molar-refractivity contribution in [1.29, 1.82) is 5.26 Å². The van der Waals surface area contributed by atoms with Crippen LogP contribution in [0, 0.1) is 11.3 Å². The monoisotopic (exact) mass is 375 g/mol.